The Hall–Kier alpha value is -5.49. The molecule has 1 aliphatic heterocycles. The van der Waals surface area contributed by atoms with Crippen LogP contribution in [0.1, 0.15) is 43.9 Å². The van der Waals surface area contributed by atoms with Gasteiger partial charge in [-0.1, -0.05) is 18.2 Å². The smallest absolute Gasteiger partial charge is 0.245 e. The van der Waals surface area contributed by atoms with Crippen molar-refractivity contribution in [1.82, 2.24) is 35.8 Å². The molecule has 50 heavy (non-hydrogen) atoms. The second kappa shape index (κ2) is 17.3. The fraction of sp³-hybridized carbons (Fsp3) is 0.469. The molecule has 6 atom stereocenters. The fourth-order valence-electron chi connectivity index (χ4n) is 5.95. The van der Waals surface area contributed by atoms with Crippen molar-refractivity contribution in [3.05, 3.63) is 54.2 Å². The number of nitrogens with one attached hydrogen (secondary N) is 5. The lowest BCUT2D eigenvalue weighted by Gasteiger charge is -2.30. The number of imidazole rings is 1. The third-order valence-corrected chi connectivity index (χ3v) is 8.55. The van der Waals surface area contributed by atoms with E-state index in [9.17, 15) is 29.1 Å². The molecule has 0 radical (unpaired) electrons. The van der Waals surface area contributed by atoms with Crippen molar-refractivity contribution in [2.75, 3.05) is 13.1 Å². The molecule has 1 saturated heterocycles. The maximum atomic E-state index is 14.0. The summed E-state index contributed by atoms with van der Waals surface area (Å²) in [7, 11) is 0. The predicted octanol–water partition coefficient (Wildman–Crippen LogP) is -2.63. The Labute approximate surface area is 288 Å². The number of nitrogens with zero attached hydrogens (tertiary/aromatic N) is 3. The van der Waals surface area contributed by atoms with Crippen LogP contribution in [0.5, 0.6) is 0 Å². The van der Waals surface area contributed by atoms with E-state index in [1.165, 1.54) is 18.2 Å². The minimum atomic E-state index is -1.41. The van der Waals surface area contributed by atoms with E-state index in [1.807, 2.05) is 24.3 Å². The highest BCUT2D eigenvalue weighted by molar-refractivity contribution is 5.96. The number of primary amides is 1. The highest BCUT2D eigenvalue weighted by Crippen LogP contribution is 2.22. The average molecular weight is 695 g/mol. The molecule has 3 aromatic rings. The number of aliphatic imine (C=N–C) groups is 1. The SMILES string of the molecule is C[C@@H](O)[C@H](NC(=O)[C@H](Cc1c[nH]c2ccccc12)NC(=O)[C@@H]1CCCN1C(=O)[C@H](CCCN=C(N)N)NC(=O)[C@@H](N)Cc1cnc[nH]1)C(N)=O. The van der Waals surface area contributed by atoms with E-state index in [4.69, 9.17) is 22.9 Å². The minimum Gasteiger partial charge on any atom is -0.391 e. The molecule has 0 aliphatic carbocycles. The molecule has 0 unspecified atom stereocenters. The second-order valence-electron chi connectivity index (χ2n) is 12.3. The van der Waals surface area contributed by atoms with Crippen LogP contribution in [0.15, 0.2) is 48.0 Å². The Kier molecular flexibility index (Phi) is 12.9. The Bertz CT molecular complexity index is 1670. The number of amides is 5. The van der Waals surface area contributed by atoms with E-state index < -0.39 is 65.8 Å². The maximum absolute atomic E-state index is 14.0. The Balaban J connectivity index is 1.53. The molecule has 5 amide bonds. The molecule has 3 heterocycles. The van der Waals surface area contributed by atoms with Gasteiger partial charge in [0, 0.05) is 54.9 Å². The van der Waals surface area contributed by atoms with Crippen LogP contribution in [0, 0.1) is 0 Å². The Morgan fingerprint density at radius 1 is 1.04 bits per heavy atom. The number of aromatic amines is 2. The number of H-pyrrole nitrogens is 2. The summed E-state index contributed by atoms with van der Waals surface area (Å²) in [4.78, 5) is 81.8. The van der Waals surface area contributed by atoms with Gasteiger partial charge in [-0.05, 0) is 44.2 Å². The number of likely N-dealkylation sites (tertiary alicyclic amines) is 1. The molecule has 0 spiro atoms. The van der Waals surface area contributed by atoms with E-state index in [0.29, 0.717) is 30.5 Å². The zero-order chi connectivity index (χ0) is 36.4. The number of nitrogens with two attached hydrogens (primary N) is 4. The second-order valence-corrected chi connectivity index (χ2v) is 12.3. The monoisotopic (exact) mass is 694 g/mol. The van der Waals surface area contributed by atoms with Gasteiger partial charge in [-0.15, -0.1) is 0 Å². The van der Waals surface area contributed by atoms with Crippen LogP contribution in [-0.4, -0.2) is 110 Å². The lowest BCUT2D eigenvalue weighted by atomic mass is 10.0. The number of aromatic nitrogens is 3. The number of rotatable bonds is 17. The number of fused-ring (bicyclic) bond motifs is 1. The third-order valence-electron chi connectivity index (χ3n) is 8.55. The number of guanidine groups is 1. The van der Waals surface area contributed by atoms with Gasteiger partial charge in [0.2, 0.25) is 29.5 Å². The summed E-state index contributed by atoms with van der Waals surface area (Å²) in [5, 5.41) is 18.8. The van der Waals surface area contributed by atoms with Crippen molar-refractivity contribution in [3.8, 4) is 0 Å². The van der Waals surface area contributed by atoms with Crippen LogP contribution in [0.3, 0.4) is 0 Å². The van der Waals surface area contributed by atoms with Crippen molar-refractivity contribution < 1.29 is 29.1 Å². The van der Waals surface area contributed by atoms with Gasteiger partial charge in [-0.3, -0.25) is 29.0 Å². The van der Waals surface area contributed by atoms with Crippen LogP contribution >= 0.6 is 0 Å². The van der Waals surface area contributed by atoms with Crippen LogP contribution in [0.25, 0.3) is 10.9 Å². The first-order valence-corrected chi connectivity index (χ1v) is 16.4. The van der Waals surface area contributed by atoms with E-state index in [2.05, 4.69) is 35.9 Å². The van der Waals surface area contributed by atoms with Crippen LogP contribution in [0.4, 0.5) is 0 Å². The number of carbonyl (C=O) groups is 5. The first-order valence-electron chi connectivity index (χ1n) is 16.4. The number of aliphatic hydroxyl groups is 1. The standard InChI is InChI=1S/C32H46N12O6/c1-17(45)26(27(34)46)43-29(48)24(12-18-14-39-22-7-3-2-6-20(18)22)42-30(49)25-9-5-11-44(25)31(50)23(8-4-10-38-32(35)36)41-28(47)21(33)13-19-15-37-16-40-19/h2-3,6-7,14-17,21,23-26,39,45H,4-5,8-13,33H2,1H3,(H2,34,46)(H,37,40)(H,41,47)(H,42,49)(H,43,48)(H4,35,36,38)/t17-,21+,23+,24+,25+,26+/m1/s1. The number of hydrogen-bond donors (Lipinski definition) is 10. The minimum absolute atomic E-state index is 0.0191. The summed E-state index contributed by atoms with van der Waals surface area (Å²) >= 11 is 0. The van der Waals surface area contributed by atoms with Crippen molar-refractivity contribution in [1.29, 1.82) is 0 Å². The van der Waals surface area contributed by atoms with Crippen molar-refractivity contribution in [2.45, 2.75) is 81.8 Å². The molecular formula is C32H46N12O6. The predicted molar refractivity (Wildman–Crippen MR) is 184 cm³/mol. The highest BCUT2D eigenvalue weighted by Gasteiger charge is 2.39. The number of benzene rings is 1. The number of aliphatic hydroxyl groups excluding tert-OH is 1. The normalized spacial score (nSPS) is 17.3. The maximum Gasteiger partial charge on any atom is 0.245 e. The molecule has 1 aromatic carbocycles. The summed E-state index contributed by atoms with van der Waals surface area (Å²) in [6.45, 7) is 1.74. The van der Waals surface area contributed by atoms with Gasteiger partial charge in [0.1, 0.15) is 24.2 Å². The molecule has 0 bridgehead atoms. The lowest BCUT2D eigenvalue weighted by molar-refractivity contribution is -0.142. The molecule has 4 rings (SSSR count). The zero-order valence-corrected chi connectivity index (χ0v) is 27.8. The summed E-state index contributed by atoms with van der Waals surface area (Å²) < 4.78 is 0. The molecule has 18 nitrogen and oxygen atoms in total. The zero-order valence-electron chi connectivity index (χ0n) is 27.8. The van der Waals surface area contributed by atoms with Gasteiger partial charge in [-0.2, -0.15) is 0 Å². The molecule has 1 aliphatic rings. The van der Waals surface area contributed by atoms with E-state index in [-0.39, 0.29) is 38.3 Å². The van der Waals surface area contributed by atoms with Crippen LogP contribution < -0.4 is 38.9 Å². The van der Waals surface area contributed by atoms with E-state index in [1.54, 1.807) is 12.4 Å². The summed E-state index contributed by atoms with van der Waals surface area (Å²) in [5.74, 6) is -3.50. The molecule has 0 saturated carbocycles. The van der Waals surface area contributed by atoms with Gasteiger partial charge in [-0.25, -0.2) is 4.98 Å². The fourth-order valence-corrected chi connectivity index (χ4v) is 5.95. The quantitative estimate of drug-likeness (QED) is 0.0398. The van der Waals surface area contributed by atoms with E-state index in [0.717, 1.165) is 10.9 Å². The van der Waals surface area contributed by atoms with Crippen LogP contribution in [-0.2, 0) is 36.8 Å². The third kappa shape index (κ3) is 9.79. The van der Waals surface area contributed by atoms with Gasteiger partial charge in [0.15, 0.2) is 5.96 Å². The van der Waals surface area contributed by atoms with Gasteiger partial charge in [0.05, 0.1) is 18.5 Å². The Morgan fingerprint density at radius 3 is 2.48 bits per heavy atom. The first-order chi connectivity index (χ1) is 23.8. The van der Waals surface area contributed by atoms with Crippen LogP contribution in [0.2, 0.25) is 0 Å². The Morgan fingerprint density at radius 2 is 1.80 bits per heavy atom. The van der Waals surface area contributed by atoms with Gasteiger partial charge in [0.25, 0.3) is 0 Å². The summed E-state index contributed by atoms with van der Waals surface area (Å²) in [6.07, 6.45) is 4.88. The van der Waals surface area contributed by atoms with Gasteiger partial charge < -0.3 is 58.9 Å². The van der Waals surface area contributed by atoms with Crippen molar-refractivity contribution >= 4 is 46.4 Å². The average Bonchev–Trinajstić information content (AvgIpc) is 3.86. The number of hydrogen-bond acceptors (Lipinski definition) is 9. The summed E-state index contributed by atoms with van der Waals surface area (Å²) in [5.41, 5.74) is 24.6. The van der Waals surface area contributed by atoms with Crippen molar-refractivity contribution in [2.24, 2.45) is 27.9 Å². The molecular weight excluding hydrogens is 648 g/mol. The van der Waals surface area contributed by atoms with Gasteiger partial charge >= 0.3 is 0 Å². The van der Waals surface area contributed by atoms with E-state index >= 15 is 0 Å². The molecule has 2 aromatic heterocycles. The summed E-state index contributed by atoms with van der Waals surface area (Å²) in [6, 6.07) is 1.78. The first kappa shape index (κ1) is 37.3. The topological polar surface area (TPSA) is 306 Å². The largest absolute Gasteiger partial charge is 0.391 e. The molecule has 14 N–H and O–H groups in total. The van der Waals surface area contributed by atoms with Crippen molar-refractivity contribution in [3.63, 3.8) is 0 Å². The molecule has 1 fully saturated rings. The highest BCUT2D eigenvalue weighted by atomic mass is 16.3. The lowest BCUT2D eigenvalue weighted by Crippen LogP contribution is -2.59. The number of para-hydroxylation sites is 1. The molecule has 270 valence electrons. The molecule has 18 heteroatoms. The number of carbonyl (C=O) groups excluding carboxylic acids is 5.